The normalized spacial score (nSPS) is 16.7. The van der Waals surface area contributed by atoms with E-state index in [1.165, 1.54) is 0 Å². The van der Waals surface area contributed by atoms with Gasteiger partial charge in [0.15, 0.2) is 5.96 Å². The topological polar surface area (TPSA) is 73.7 Å². The van der Waals surface area contributed by atoms with Gasteiger partial charge in [-0.3, -0.25) is 4.21 Å². The highest BCUT2D eigenvalue weighted by molar-refractivity contribution is 7.86. The summed E-state index contributed by atoms with van der Waals surface area (Å²) in [6.07, 6.45) is 0. The van der Waals surface area contributed by atoms with Crippen molar-refractivity contribution in [1.82, 2.24) is 10.6 Å². The fourth-order valence-electron chi connectivity index (χ4n) is 1.81. The van der Waals surface area contributed by atoms with E-state index in [4.69, 9.17) is 0 Å². The van der Waals surface area contributed by atoms with Gasteiger partial charge >= 0.3 is 0 Å². The van der Waals surface area contributed by atoms with Crippen LogP contribution in [0.2, 0.25) is 0 Å². The monoisotopic (exact) mass is 359 g/mol. The summed E-state index contributed by atoms with van der Waals surface area (Å²) in [5.41, 5.74) is -0.118. The van der Waals surface area contributed by atoms with Crippen molar-refractivity contribution in [2.45, 2.75) is 45.0 Å². The van der Waals surface area contributed by atoms with Crippen molar-refractivity contribution in [2.24, 2.45) is 4.99 Å². The first-order valence-corrected chi connectivity index (χ1v) is 10.1. The number of guanidine groups is 1. The summed E-state index contributed by atoms with van der Waals surface area (Å²) in [6, 6.07) is 1.91. The molecule has 7 heteroatoms. The van der Waals surface area contributed by atoms with Crippen LogP contribution in [-0.2, 0) is 16.4 Å². The maximum Gasteiger partial charge on any atom is 0.191 e. The Morgan fingerprint density at radius 3 is 2.57 bits per heavy atom. The Hall–Kier alpha value is -0.920. The summed E-state index contributed by atoms with van der Waals surface area (Å²) in [5.74, 6) is 1.20. The lowest BCUT2D eigenvalue weighted by Gasteiger charge is -2.21. The van der Waals surface area contributed by atoms with Crippen LogP contribution in [-0.4, -0.2) is 45.4 Å². The minimum absolute atomic E-state index is 0.209. The average molecular weight is 360 g/mol. The zero-order valence-electron chi connectivity index (χ0n) is 14.7. The van der Waals surface area contributed by atoms with Gasteiger partial charge in [0.1, 0.15) is 5.60 Å². The molecule has 1 heterocycles. The van der Waals surface area contributed by atoms with Gasteiger partial charge in [-0.25, -0.2) is 4.99 Å². The number of thiophene rings is 1. The average Bonchev–Trinajstić information content (AvgIpc) is 2.98. The Morgan fingerprint density at radius 1 is 1.35 bits per heavy atom. The second-order valence-corrected chi connectivity index (χ2v) is 9.67. The number of nitrogens with zero attached hydrogens (tertiary/aromatic N) is 1. The van der Waals surface area contributed by atoms with Crippen molar-refractivity contribution in [3.63, 3.8) is 0 Å². The Morgan fingerprint density at radius 2 is 2.04 bits per heavy atom. The van der Waals surface area contributed by atoms with Crippen molar-refractivity contribution in [3.05, 3.63) is 22.4 Å². The lowest BCUT2D eigenvalue weighted by atomic mass is 10.00. The van der Waals surface area contributed by atoms with E-state index in [0.29, 0.717) is 18.3 Å². The van der Waals surface area contributed by atoms with Crippen LogP contribution in [0.4, 0.5) is 0 Å². The Labute approximate surface area is 146 Å². The van der Waals surface area contributed by atoms with Crippen LogP contribution < -0.4 is 10.6 Å². The molecule has 0 aliphatic carbocycles. The van der Waals surface area contributed by atoms with E-state index in [2.05, 4.69) is 15.6 Å². The molecule has 0 fully saturated rings. The van der Waals surface area contributed by atoms with Crippen molar-refractivity contribution < 1.29 is 9.32 Å². The second kappa shape index (κ2) is 8.80. The Kier molecular flexibility index (Phi) is 7.70. The van der Waals surface area contributed by atoms with Crippen LogP contribution >= 0.6 is 11.3 Å². The third kappa shape index (κ3) is 7.01. The lowest BCUT2D eigenvalue weighted by Crippen LogP contribution is -2.41. The molecule has 3 N–H and O–H groups in total. The van der Waals surface area contributed by atoms with Gasteiger partial charge in [-0.1, -0.05) is 0 Å². The summed E-state index contributed by atoms with van der Waals surface area (Å²) >= 11 is 1.56. The molecular formula is C16H29N3O2S2. The van der Waals surface area contributed by atoms with Gasteiger partial charge in [0, 0.05) is 34.4 Å². The fourth-order valence-corrected chi connectivity index (χ4v) is 3.49. The predicted octanol–water partition coefficient (Wildman–Crippen LogP) is 2.06. The highest BCUT2D eigenvalue weighted by Gasteiger charge is 2.23. The van der Waals surface area contributed by atoms with E-state index >= 15 is 0 Å². The van der Waals surface area contributed by atoms with E-state index in [-0.39, 0.29) is 11.3 Å². The molecule has 0 saturated heterocycles. The second-order valence-electron chi connectivity index (χ2n) is 6.57. The SMILES string of the molecule is CCNC(=NCC(C)(O)c1ccsc1)NCCS(=O)C(C)(C)C. The lowest BCUT2D eigenvalue weighted by molar-refractivity contribution is 0.0677. The minimum atomic E-state index is -0.990. The first-order valence-electron chi connectivity index (χ1n) is 7.82. The van der Waals surface area contributed by atoms with Gasteiger partial charge in [0.25, 0.3) is 0 Å². The summed E-state index contributed by atoms with van der Waals surface area (Å²) in [7, 11) is -0.896. The molecule has 0 radical (unpaired) electrons. The quantitative estimate of drug-likeness (QED) is 0.515. The molecule has 0 bridgehead atoms. The highest BCUT2D eigenvalue weighted by Crippen LogP contribution is 2.23. The van der Waals surface area contributed by atoms with Crippen molar-refractivity contribution >= 4 is 28.1 Å². The van der Waals surface area contributed by atoms with Crippen molar-refractivity contribution in [2.75, 3.05) is 25.4 Å². The molecule has 1 aromatic heterocycles. The third-order valence-corrected chi connectivity index (χ3v) is 5.92. The van der Waals surface area contributed by atoms with Crippen molar-refractivity contribution in [1.29, 1.82) is 0 Å². The van der Waals surface area contributed by atoms with Gasteiger partial charge in [-0.15, -0.1) is 0 Å². The van der Waals surface area contributed by atoms with Crippen LogP contribution in [0.5, 0.6) is 0 Å². The number of aliphatic hydroxyl groups is 1. The van der Waals surface area contributed by atoms with Gasteiger partial charge in [-0.05, 0) is 57.0 Å². The molecule has 0 saturated carbocycles. The van der Waals surface area contributed by atoms with E-state index in [0.717, 1.165) is 12.1 Å². The van der Waals surface area contributed by atoms with Gasteiger partial charge in [-0.2, -0.15) is 11.3 Å². The number of aliphatic imine (C=N–C) groups is 1. The maximum atomic E-state index is 12.0. The first kappa shape index (κ1) is 20.1. The molecule has 5 nitrogen and oxygen atoms in total. The minimum Gasteiger partial charge on any atom is -0.383 e. The van der Waals surface area contributed by atoms with Crippen LogP contribution in [0, 0.1) is 0 Å². The molecule has 0 aliphatic rings. The van der Waals surface area contributed by atoms with Crippen LogP contribution in [0.25, 0.3) is 0 Å². The summed E-state index contributed by atoms with van der Waals surface area (Å²) in [5, 5.41) is 20.7. The van der Waals surface area contributed by atoms with Gasteiger partial charge in [0.05, 0.1) is 6.54 Å². The van der Waals surface area contributed by atoms with E-state index in [9.17, 15) is 9.32 Å². The predicted molar refractivity (Wildman–Crippen MR) is 101 cm³/mol. The molecule has 1 rings (SSSR count). The standard InChI is InChI=1S/C16H29N3O2S2/c1-6-17-14(18-8-10-23(21)15(2,3)4)19-12-16(5,20)13-7-9-22-11-13/h7,9,11,20H,6,8,10,12H2,1-5H3,(H2,17,18,19). The first-order chi connectivity index (χ1) is 10.7. The molecule has 132 valence electrons. The largest absolute Gasteiger partial charge is 0.383 e. The van der Waals surface area contributed by atoms with Gasteiger partial charge < -0.3 is 15.7 Å². The molecule has 0 aromatic carbocycles. The highest BCUT2D eigenvalue weighted by atomic mass is 32.2. The summed E-state index contributed by atoms with van der Waals surface area (Å²) < 4.78 is 11.8. The molecule has 0 aliphatic heterocycles. The van der Waals surface area contributed by atoms with E-state index in [1.54, 1.807) is 18.3 Å². The van der Waals surface area contributed by atoms with Crippen LogP contribution in [0.1, 0.15) is 40.2 Å². The van der Waals surface area contributed by atoms with Crippen LogP contribution in [0.3, 0.4) is 0 Å². The molecule has 1 aromatic rings. The fraction of sp³-hybridized carbons (Fsp3) is 0.688. The number of rotatable bonds is 7. The molecule has 23 heavy (non-hydrogen) atoms. The van der Waals surface area contributed by atoms with E-state index in [1.807, 2.05) is 44.5 Å². The molecule has 2 unspecified atom stereocenters. The number of hydrogen-bond acceptors (Lipinski definition) is 4. The smallest absolute Gasteiger partial charge is 0.191 e. The molecule has 0 amide bonds. The number of hydrogen-bond donors (Lipinski definition) is 3. The molecule has 0 spiro atoms. The van der Waals surface area contributed by atoms with Crippen molar-refractivity contribution in [3.8, 4) is 0 Å². The maximum absolute atomic E-state index is 12.0. The van der Waals surface area contributed by atoms with Gasteiger partial charge in [0.2, 0.25) is 0 Å². The molecular weight excluding hydrogens is 330 g/mol. The zero-order chi connectivity index (χ0) is 17.5. The summed E-state index contributed by atoms with van der Waals surface area (Å²) in [6.45, 7) is 11.2. The number of nitrogens with one attached hydrogen (secondary N) is 2. The third-order valence-electron chi connectivity index (χ3n) is 3.30. The van der Waals surface area contributed by atoms with E-state index < -0.39 is 16.4 Å². The van der Waals surface area contributed by atoms with Crippen LogP contribution in [0.15, 0.2) is 21.8 Å². The zero-order valence-corrected chi connectivity index (χ0v) is 16.3. The summed E-state index contributed by atoms with van der Waals surface area (Å²) in [4.78, 5) is 4.45. The Balaban J connectivity index is 2.58. The molecule has 2 atom stereocenters. The Bertz CT molecular complexity index is 520.